The number of aliphatic hydroxyl groups excluding tert-OH is 1. The molecule has 4 heteroatoms. The molecular weight excluding hydrogens is 304 g/mol. The Morgan fingerprint density at radius 1 is 1.42 bits per heavy atom. The Balaban J connectivity index is 1.50. The number of aliphatic hydroxyl groups is 1. The second kappa shape index (κ2) is 3.99. The van der Waals surface area contributed by atoms with Crippen LogP contribution < -0.4 is 0 Å². The molecule has 0 amide bonds. The molecule has 24 heavy (non-hydrogen) atoms. The number of carbonyl (C=O) groups is 1. The number of carbonyl (C=O) groups excluding carboxylic acids is 1. The van der Waals surface area contributed by atoms with E-state index >= 15 is 0 Å². The molecular formula is C20H24O4. The summed E-state index contributed by atoms with van der Waals surface area (Å²) in [5.41, 5.74) is 1.11. The van der Waals surface area contributed by atoms with Crippen molar-refractivity contribution in [2.45, 2.75) is 63.1 Å². The van der Waals surface area contributed by atoms with Crippen LogP contribution in [0.1, 0.15) is 67.5 Å². The Bertz CT molecular complexity index is 753. The minimum Gasteiger partial charge on any atom is -0.461 e. The van der Waals surface area contributed by atoms with E-state index in [9.17, 15) is 9.90 Å². The average molecular weight is 328 g/mol. The van der Waals surface area contributed by atoms with Crippen LogP contribution in [-0.2, 0) is 4.74 Å². The molecule has 1 aromatic rings. The van der Waals surface area contributed by atoms with Crippen molar-refractivity contribution in [1.82, 2.24) is 0 Å². The number of hydrogen-bond acceptors (Lipinski definition) is 4. The molecule has 7 rings (SSSR count). The zero-order valence-electron chi connectivity index (χ0n) is 14.1. The number of hydrogen-bond donors (Lipinski definition) is 1. The first-order chi connectivity index (χ1) is 11.5. The van der Waals surface area contributed by atoms with Crippen LogP contribution in [0.15, 0.2) is 16.7 Å². The molecule has 2 saturated heterocycles. The van der Waals surface area contributed by atoms with Crippen LogP contribution in [0.25, 0.3) is 0 Å². The topological polar surface area (TPSA) is 59.7 Å². The lowest BCUT2D eigenvalue weighted by molar-refractivity contribution is -0.205. The Hall–Kier alpha value is -1.13. The van der Waals surface area contributed by atoms with Crippen LogP contribution >= 0.6 is 0 Å². The van der Waals surface area contributed by atoms with Crippen LogP contribution in [0, 0.1) is 22.7 Å². The molecule has 0 unspecified atom stereocenters. The van der Waals surface area contributed by atoms with E-state index in [1.54, 1.807) is 6.26 Å². The van der Waals surface area contributed by atoms with Crippen LogP contribution in [0.5, 0.6) is 0 Å². The number of furan rings is 1. The maximum Gasteiger partial charge on any atom is 0.198 e. The second-order valence-corrected chi connectivity index (χ2v) is 9.43. The van der Waals surface area contributed by atoms with E-state index < -0.39 is 0 Å². The fourth-order valence-electron chi connectivity index (χ4n) is 8.05. The number of ketones is 1. The molecule has 7 atom stereocenters. The molecule has 1 spiro atoms. The molecule has 0 aromatic carbocycles. The molecule has 3 saturated carbocycles. The summed E-state index contributed by atoms with van der Waals surface area (Å²) < 4.78 is 12.0. The standard InChI is InChI=1S/C20H24O4/c1-18-8-14(22)16-12(3-5-23-16)13(18)2-4-19-7-11-6-15(17(18)19)24-20(11,9-19)10-21/h3,5,11,13,15,17,21H,2,4,6-10H2,1H3/t11-,13+,15-,17-,18+,19-,20-/m0/s1. The van der Waals surface area contributed by atoms with Crippen LogP contribution in [0.2, 0.25) is 0 Å². The molecule has 2 aliphatic heterocycles. The Kier molecular flexibility index (Phi) is 2.34. The predicted octanol–water partition coefficient (Wildman–Crippen LogP) is 3.30. The molecule has 128 valence electrons. The zero-order valence-corrected chi connectivity index (χ0v) is 14.1. The smallest absolute Gasteiger partial charge is 0.198 e. The number of fused-ring (bicyclic) bond motifs is 3. The van der Waals surface area contributed by atoms with E-state index in [2.05, 4.69) is 6.92 Å². The summed E-state index contributed by atoms with van der Waals surface area (Å²) in [6.07, 6.45) is 8.08. The van der Waals surface area contributed by atoms with Gasteiger partial charge in [-0.1, -0.05) is 6.92 Å². The van der Waals surface area contributed by atoms with Gasteiger partial charge in [-0.05, 0) is 66.8 Å². The first-order valence-corrected chi connectivity index (χ1v) is 9.41. The lowest BCUT2D eigenvalue weighted by Gasteiger charge is -2.62. The van der Waals surface area contributed by atoms with Gasteiger partial charge in [0.2, 0.25) is 0 Å². The van der Waals surface area contributed by atoms with Crippen LogP contribution in [0.4, 0.5) is 0 Å². The highest BCUT2D eigenvalue weighted by Gasteiger charge is 2.74. The molecule has 4 nitrogen and oxygen atoms in total. The third-order valence-corrected chi connectivity index (χ3v) is 8.55. The fourth-order valence-corrected chi connectivity index (χ4v) is 8.05. The number of rotatable bonds is 1. The van der Waals surface area contributed by atoms with E-state index in [1.807, 2.05) is 6.07 Å². The summed E-state index contributed by atoms with van der Waals surface area (Å²) in [5.74, 6) is 2.14. The minimum absolute atomic E-state index is 0.0339. The monoisotopic (exact) mass is 328 g/mol. The van der Waals surface area contributed by atoms with Gasteiger partial charge in [0.15, 0.2) is 11.5 Å². The van der Waals surface area contributed by atoms with Gasteiger partial charge >= 0.3 is 0 Å². The van der Waals surface area contributed by atoms with Crippen molar-refractivity contribution >= 4 is 5.78 Å². The van der Waals surface area contributed by atoms with Crippen LogP contribution in [-0.4, -0.2) is 29.2 Å². The van der Waals surface area contributed by atoms with Crippen molar-refractivity contribution in [1.29, 1.82) is 0 Å². The fraction of sp³-hybridized carbons (Fsp3) is 0.750. The van der Waals surface area contributed by atoms with E-state index in [0.717, 1.165) is 24.8 Å². The zero-order chi connectivity index (χ0) is 16.3. The maximum atomic E-state index is 12.7. The highest BCUT2D eigenvalue weighted by atomic mass is 16.5. The maximum absolute atomic E-state index is 12.7. The molecule has 1 aromatic heterocycles. The van der Waals surface area contributed by atoms with Crippen molar-refractivity contribution in [3.63, 3.8) is 0 Å². The SMILES string of the molecule is C[C@@]12CC(=O)c3occc3[C@H]1CC[C@]13C[C@@H]4C[C@H](O[C@]4(CO)C1)[C@H]32. The summed E-state index contributed by atoms with van der Waals surface area (Å²) in [6.45, 7) is 2.49. The molecule has 0 radical (unpaired) electrons. The molecule has 1 N–H and O–H groups in total. The molecule has 4 aliphatic carbocycles. The molecule has 3 heterocycles. The summed E-state index contributed by atoms with van der Waals surface area (Å²) in [5, 5.41) is 10.0. The average Bonchev–Trinajstić information content (AvgIpc) is 3.17. The summed E-state index contributed by atoms with van der Waals surface area (Å²) in [7, 11) is 0. The van der Waals surface area contributed by atoms with Crippen molar-refractivity contribution in [3.8, 4) is 0 Å². The highest BCUT2D eigenvalue weighted by molar-refractivity contribution is 5.97. The summed E-state index contributed by atoms with van der Waals surface area (Å²) in [6, 6.07) is 2.02. The van der Waals surface area contributed by atoms with Gasteiger partial charge in [0.25, 0.3) is 0 Å². The van der Waals surface area contributed by atoms with E-state index in [-0.39, 0.29) is 34.9 Å². The van der Waals surface area contributed by atoms with Gasteiger partial charge < -0.3 is 14.3 Å². The predicted molar refractivity (Wildman–Crippen MR) is 85.7 cm³/mol. The lowest BCUT2D eigenvalue weighted by atomic mass is 9.44. The van der Waals surface area contributed by atoms with Gasteiger partial charge in [-0.2, -0.15) is 0 Å². The van der Waals surface area contributed by atoms with Crippen molar-refractivity contribution in [2.75, 3.05) is 6.61 Å². The molecule has 4 bridgehead atoms. The van der Waals surface area contributed by atoms with Gasteiger partial charge in [0, 0.05) is 12.0 Å². The van der Waals surface area contributed by atoms with Crippen molar-refractivity contribution in [2.24, 2.45) is 22.7 Å². The third kappa shape index (κ3) is 1.32. The largest absolute Gasteiger partial charge is 0.461 e. The first kappa shape index (κ1) is 14.1. The minimum atomic E-state index is -0.274. The van der Waals surface area contributed by atoms with Gasteiger partial charge in [0.1, 0.15) is 0 Å². The second-order valence-electron chi connectivity index (χ2n) is 9.43. The first-order valence-electron chi connectivity index (χ1n) is 9.41. The molecule has 6 aliphatic rings. The van der Waals surface area contributed by atoms with Crippen LogP contribution in [0.3, 0.4) is 0 Å². The Morgan fingerprint density at radius 2 is 2.29 bits per heavy atom. The van der Waals surface area contributed by atoms with Crippen molar-refractivity contribution in [3.05, 3.63) is 23.7 Å². The van der Waals surface area contributed by atoms with Crippen molar-refractivity contribution < 1.29 is 19.1 Å². The normalized spacial score (nSPS) is 53.8. The lowest BCUT2D eigenvalue weighted by Crippen LogP contribution is -2.59. The van der Waals surface area contributed by atoms with E-state index in [0.29, 0.717) is 29.9 Å². The Labute approximate surface area is 141 Å². The van der Waals surface area contributed by atoms with Gasteiger partial charge in [-0.25, -0.2) is 0 Å². The number of ether oxygens (including phenoxy) is 1. The quantitative estimate of drug-likeness (QED) is 0.859. The van der Waals surface area contributed by atoms with Gasteiger partial charge in [0.05, 0.1) is 24.6 Å². The van der Waals surface area contributed by atoms with Gasteiger partial charge in [-0.15, -0.1) is 0 Å². The number of Topliss-reactive ketones (excluding diaryl/α,β-unsaturated/α-hetero) is 1. The van der Waals surface area contributed by atoms with E-state index in [4.69, 9.17) is 9.15 Å². The summed E-state index contributed by atoms with van der Waals surface area (Å²) >= 11 is 0. The van der Waals surface area contributed by atoms with Gasteiger partial charge in [-0.3, -0.25) is 4.79 Å². The third-order valence-electron chi connectivity index (χ3n) is 8.55. The Morgan fingerprint density at radius 3 is 3.08 bits per heavy atom. The summed E-state index contributed by atoms with van der Waals surface area (Å²) in [4.78, 5) is 12.7. The van der Waals surface area contributed by atoms with E-state index in [1.165, 1.54) is 12.8 Å². The molecule has 5 fully saturated rings. The highest BCUT2D eigenvalue weighted by Crippen LogP contribution is 2.76.